The molecule has 0 atom stereocenters. The fourth-order valence-corrected chi connectivity index (χ4v) is 1.42. The second-order valence-corrected chi connectivity index (χ2v) is 3.92. The van der Waals surface area contributed by atoms with Crippen molar-refractivity contribution in [3.63, 3.8) is 0 Å². The maximum Gasteiger partial charge on any atom is 0.338 e. The van der Waals surface area contributed by atoms with E-state index in [2.05, 4.69) is 14.7 Å². The molecule has 0 fully saturated rings. The van der Waals surface area contributed by atoms with Crippen LogP contribution in [0.2, 0.25) is 0 Å². The average Bonchev–Trinajstić information content (AvgIpc) is 2.53. The van der Waals surface area contributed by atoms with Crippen LogP contribution in [0.1, 0.15) is 11.4 Å². The summed E-state index contributed by atoms with van der Waals surface area (Å²) in [5.41, 5.74) is 1.21. The Kier molecular flexibility index (Phi) is 5.11. The van der Waals surface area contributed by atoms with Crippen molar-refractivity contribution in [2.24, 2.45) is 0 Å². The van der Waals surface area contributed by atoms with E-state index in [0.717, 1.165) is 12.2 Å². The molecule has 104 valence electrons. The summed E-state index contributed by atoms with van der Waals surface area (Å²) in [6, 6.07) is 10.6. The van der Waals surface area contributed by atoms with Crippen molar-refractivity contribution in [2.75, 3.05) is 0 Å². The van der Waals surface area contributed by atoms with Crippen molar-refractivity contribution in [1.82, 2.24) is 9.97 Å². The SMILES string of the molecule is O=C(/C=C/c1ccccn1)OC(=O)/C=C/c1ccccn1. The van der Waals surface area contributed by atoms with E-state index in [0.29, 0.717) is 11.4 Å². The third-order valence-electron chi connectivity index (χ3n) is 2.36. The highest BCUT2D eigenvalue weighted by molar-refractivity contribution is 5.99. The van der Waals surface area contributed by atoms with Crippen LogP contribution in [-0.4, -0.2) is 21.9 Å². The highest BCUT2D eigenvalue weighted by Crippen LogP contribution is 1.99. The summed E-state index contributed by atoms with van der Waals surface area (Å²) in [7, 11) is 0. The van der Waals surface area contributed by atoms with Gasteiger partial charge in [-0.2, -0.15) is 0 Å². The minimum Gasteiger partial charge on any atom is -0.387 e. The van der Waals surface area contributed by atoms with Gasteiger partial charge in [0.2, 0.25) is 0 Å². The quantitative estimate of drug-likeness (QED) is 0.488. The normalized spacial score (nSPS) is 10.9. The van der Waals surface area contributed by atoms with Gasteiger partial charge >= 0.3 is 11.9 Å². The number of pyridine rings is 2. The molecular formula is C16H12N2O3. The lowest BCUT2D eigenvalue weighted by Crippen LogP contribution is -2.06. The molecule has 0 saturated carbocycles. The Morgan fingerprint density at radius 2 is 1.29 bits per heavy atom. The molecule has 0 aliphatic carbocycles. The molecule has 2 aromatic heterocycles. The topological polar surface area (TPSA) is 69.2 Å². The summed E-state index contributed by atoms with van der Waals surface area (Å²) in [6.07, 6.45) is 8.44. The van der Waals surface area contributed by atoms with Crippen molar-refractivity contribution in [3.8, 4) is 0 Å². The Bertz CT molecular complexity index is 605. The molecule has 0 spiro atoms. The average molecular weight is 280 g/mol. The molecule has 2 heterocycles. The molecule has 0 bridgehead atoms. The second kappa shape index (κ2) is 7.49. The maximum atomic E-state index is 11.4. The van der Waals surface area contributed by atoms with Gasteiger partial charge in [-0.25, -0.2) is 9.59 Å². The Morgan fingerprint density at radius 1 is 0.810 bits per heavy atom. The number of carbonyl (C=O) groups is 2. The van der Waals surface area contributed by atoms with Gasteiger partial charge in [0.1, 0.15) is 0 Å². The zero-order valence-electron chi connectivity index (χ0n) is 11.0. The molecule has 0 N–H and O–H groups in total. The molecule has 0 aromatic carbocycles. The summed E-state index contributed by atoms with van der Waals surface area (Å²) in [6.45, 7) is 0. The smallest absolute Gasteiger partial charge is 0.338 e. The van der Waals surface area contributed by atoms with Crippen LogP contribution in [0, 0.1) is 0 Å². The Morgan fingerprint density at radius 3 is 1.67 bits per heavy atom. The lowest BCUT2D eigenvalue weighted by molar-refractivity contribution is -0.152. The summed E-state index contributed by atoms with van der Waals surface area (Å²) in [5.74, 6) is -1.51. The highest BCUT2D eigenvalue weighted by atomic mass is 16.6. The number of aromatic nitrogens is 2. The summed E-state index contributed by atoms with van der Waals surface area (Å²) in [5, 5.41) is 0. The van der Waals surface area contributed by atoms with E-state index in [-0.39, 0.29) is 0 Å². The zero-order valence-corrected chi connectivity index (χ0v) is 11.0. The molecule has 0 unspecified atom stereocenters. The van der Waals surface area contributed by atoms with Crippen LogP contribution >= 0.6 is 0 Å². The first-order valence-corrected chi connectivity index (χ1v) is 6.18. The van der Waals surface area contributed by atoms with E-state index in [9.17, 15) is 9.59 Å². The van der Waals surface area contributed by atoms with Crippen LogP contribution in [-0.2, 0) is 14.3 Å². The molecular weight excluding hydrogens is 268 g/mol. The van der Waals surface area contributed by atoms with Crippen LogP contribution < -0.4 is 0 Å². The number of hydrogen-bond donors (Lipinski definition) is 0. The van der Waals surface area contributed by atoms with Crippen molar-refractivity contribution in [2.45, 2.75) is 0 Å². The van der Waals surface area contributed by atoms with Crippen molar-refractivity contribution in [3.05, 3.63) is 72.3 Å². The molecule has 2 aromatic rings. The van der Waals surface area contributed by atoms with Gasteiger partial charge < -0.3 is 4.74 Å². The predicted octanol–water partition coefficient (Wildman–Crippen LogP) is 2.27. The number of rotatable bonds is 4. The van der Waals surface area contributed by atoms with Gasteiger partial charge in [0, 0.05) is 24.5 Å². The Hall–Kier alpha value is -3.08. The maximum absolute atomic E-state index is 11.4. The molecule has 0 radical (unpaired) electrons. The summed E-state index contributed by atoms with van der Waals surface area (Å²) >= 11 is 0. The van der Waals surface area contributed by atoms with Gasteiger partial charge in [-0.15, -0.1) is 0 Å². The largest absolute Gasteiger partial charge is 0.387 e. The van der Waals surface area contributed by atoms with Crippen LogP contribution in [0.5, 0.6) is 0 Å². The molecule has 0 aliphatic rings. The highest BCUT2D eigenvalue weighted by Gasteiger charge is 2.03. The van der Waals surface area contributed by atoms with E-state index in [1.807, 2.05) is 0 Å². The molecule has 2 rings (SSSR count). The van der Waals surface area contributed by atoms with Gasteiger partial charge in [0.25, 0.3) is 0 Å². The molecule has 5 nitrogen and oxygen atoms in total. The zero-order chi connectivity index (χ0) is 14.9. The first kappa shape index (κ1) is 14.3. The molecule has 5 heteroatoms. The Labute approximate surface area is 121 Å². The minimum atomic E-state index is -0.753. The monoisotopic (exact) mass is 280 g/mol. The van der Waals surface area contributed by atoms with Crippen molar-refractivity contribution in [1.29, 1.82) is 0 Å². The second-order valence-electron chi connectivity index (χ2n) is 3.92. The standard InChI is InChI=1S/C16H12N2O3/c19-15(9-7-13-5-1-3-11-17-13)21-16(20)10-8-14-6-2-4-12-18-14/h1-12H/b9-7+,10-8+. The fraction of sp³-hybridized carbons (Fsp3) is 0. The lowest BCUT2D eigenvalue weighted by Gasteiger charge is -1.95. The lowest BCUT2D eigenvalue weighted by atomic mass is 10.3. The van der Waals surface area contributed by atoms with Gasteiger partial charge in [-0.1, -0.05) is 12.1 Å². The molecule has 21 heavy (non-hydrogen) atoms. The third-order valence-corrected chi connectivity index (χ3v) is 2.36. The van der Waals surface area contributed by atoms with E-state index < -0.39 is 11.9 Å². The van der Waals surface area contributed by atoms with E-state index >= 15 is 0 Å². The molecule has 0 aliphatic heterocycles. The number of carbonyl (C=O) groups excluding carboxylic acids is 2. The minimum absolute atomic E-state index is 0.603. The van der Waals surface area contributed by atoms with E-state index in [4.69, 9.17) is 0 Å². The first-order chi connectivity index (χ1) is 10.2. The number of hydrogen-bond acceptors (Lipinski definition) is 5. The van der Waals surface area contributed by atoms with Crippen LogP contribution in [0.3, 0.4) is 0 Å². The predicted molar refractivity (Wildman–Crippen MR) is 77.6 cm³/mol. The van der Waals surface area contributed by atoms with Crippen LogP contribution in [0.4, 0.5) is 0 Å². The third kappa shape index (κ3) is 5.20. The number of nitrogens with zero attached hydrogens (tertiary/aromatic N) is 2. The molecule has 0 amide bonds. The summed E-state index contributed by atoms with van der Waals surface area (Å²) < 4.78 is 4.59. The van der Waals surface area contributed by atoms with Crippen molar-refractivity contribution < 1.29 is 14.3 Å². The number of ether oxygens (including phenoxy) is 1. The van der Waals surface area contributed by atoms with Gasteiger partial charge in [0.05, 0.1) is 11.4 Å². The summed E-state index contributed by atoms with van der Waals surface area (Å²) in [4.78, 5) is 30.9. The van der Waals surface area contributed by atoms with Gasteiger partial charge in [-0.05, 0) is 36.4 Å². The fourth-order valence-electron chi connectivity index (χ4n) is 1.42. The van der Waals surface area contributed by atoms with Crippen LogP contribution in [0.25, 0.3) is 12.2 Å². The van der Waals surface area contributed by atoms with E-state index in [1.54, 1.807) is 48.8 Å². The van der Waals surface area contributed by atoms with Crippen LogP contribution in [0.15, 0.2) is 60.9 Å². The number of esters is 2. The van der Waals surface area contributed by atoms with Crippen molar-refractivity contribution >= 4 is 24.1 Å². The molecule has 0 saturated heterocycles. The van der Waals surface area contributed by atoms with Gasteiger partial charge in [-0.3, -0.25) is 9.97 Å². The van der Waals surface area contributed by atoms with Gasteiger partial charge in [0.15, 0.2) is 0 Å². The Balaban J connectivity index is 1.87. The van der Waals surface area contributed by atoms with E-state index in [1.165, 1.54) is 12.2 Å². The first-order valence-electron chi connectivity index (χ1n) is 6.18.